The van der Waals surface area contributed by atoms with E-state index in [9.17, 15) is 4.79 Å². The molecule has 1 aromatic rings. The molecule has 0 spiro atoms. The molecule has 0 aliphatic rings. The van der Waals surface area contributed by atoms with Crippen molar-refractivity contribution in [2.75, 3.05) is 12.4 Å². The minimum absolute atomic E-state index is 0.375. The Morgan fingerprint density at radius 1 is 1.53 bits per heavy atom. The van der Waals surface area contributed by atoms with Crippen molar-refractivity contribution >= 4 is 23.3 Å². The van der Waals surface area contributed by atoms with Crippen molar-refractivity contribution in [3.05, 3.63) is 41.9 Å². The van der Waals surface area contributed by atoms with Crippen LogP contribution in [0.2, 0.25) is 5.02 Å². The maximum atomic E-state index is 11.2. The highest BCUT2D eigenvalue weighted by Gasteiger charge is 2.14. The van der Waals surface area contributed by atoms with Gasteiger partial charge in [-0.05, 0) is 24.3 Å². The van der Waals surface area contributed by atoms with Gasteiger partial charge in [-0.1, -0.05) is 17.7 Å². The zero-order valence-electron chi connectivity index (χ0n) is 8.37. The molecule has 1 atom stereocenters. The summed E-state index contributed by atoms with van der Waals surface area (Å²) < 4.78 is 4.60. The summed E-state index contributed by atoms with van der Waals surface area (Å²) in [5.41, 5.74) is 0.787. The molecule has 0 fully saturated rings. The molecule has 0 radical (unpaired) electrons. The largest absolute Gasteiger partial charge is 0.467 e. The van der Waals surface area contributed by atoms with Crippen LogP contribution in [0.3, 0.4) is 0 Å². The number of methoxy groups -OCH3 is 1. The molecular weight excluding hydrogens is 214 g/mol. The Morgan fingerprint density at radius 2 is 2.13 bits per heavy atom. The fraction of sp³-hybridized carbons (Fsp3) is 0.182. The van der Waals surface area contributed by atoms with Crippen LogP contribution in [-0.4, -0.2) is 19.1 Å². The molecule has 1 N–H and O–H groups in total. The number of benzene rings is 1. The van der Waals surface area contributed by atoms with Crippen LogP contribution in [0.1, 0.15) is 0 Å². The van der Waals surface area contributed by atoms with Gasteiger partial charge < -0.3 is 10.1 Å². The SMILES string of the molecule is C=CC(Nc1ccc(Cl)cc1)C(=O)OC. The van der Waals surface area contributed by atoms with Gasteiger partial charge in [0.05, 0.1) is 7.11 Å². The van der Waals surface area contributed by atoms with Crippen molar-refractivity contribution in [2.24, 2.45) is 0 Å². The van der Waals surface area contributed by atoms with E-state index in [0.29, 0.717) is 5.02 Å². The molecule has 0 heterocycles. The van der Waals surface area contributed by atoms with Gasteiger partial charge in [0.1, 0.15) is 6.04 Å². The summed E-state index contributed by atoms with van der Waals surface area (Å²) in [6, 6.07) is 6.49. The molecule has 0 bridgehead atoms. The number of halogens is 1. The molecule has 1 unspecified atom stereocenters. The van der Waals surface area contributed by atoms with Crippen molar-refractivity contribution < 1.29 is 9.53 Å². The lowest BCUT2D eigenvalue weighted by Gasteiger charge is -2.13. The molecule has 0 saturated heterocycles. The van der Waals surface area contributed by atoms with Crippen LogP contribution >= 0.6 is 11.6 Å². The highest BCUT2D eigenvalue weighted by atomic mass is 35.5. The molecule has 0 aliphatic heterocycles. The number of anilines is 1. The van der Waals surface area contributed by atoms with Crippen molar-refractivity contribution in [2.45, 2.75) is 6.04 Å². The monoisotopic (exact) mass is 225 g/mol. The van der Waals surface area contributed by atoms with Gasteiger partial charge in [-0.3, -0.25) is 0 Å². The second-order valence-corrected chi connectivity index (χ2v) is 3.32. The van der Waals surface area contributed by atoms with E-state index >= 15 is 0 Å². The van der Waals surface area contributed by atoms with E-state index in [2.05, 4.69) is 16.6 Å². The van der Waals surface area contributed by atoms with Gasteiger partial charge >= 0.3 is 5.97 Å². The third-order valence-electron chi connectivity index (χ3n) is 1.86. The number of esters is 1. The molecule has 4 heteroatoms. The summed E-state index contributed by atoms with van der Waals surface area (Å²) in [4.78, 5) is 11.2. The normalized spacial score (nSPS) is 11.6. The Kier molecular flexibility index (Phi) is 4.18. The summed E-state index contributed by atoms with van der Waals surface area (Å²) in [5, 5.41) is 3.60. The topological polar surface area (TPSA) is 38.3 Å². The fourth-order valence-corrected chi connectivity index (χ4v) is 1.19. The van der Waals surface area contributed by atoms with Gasteiger partial charge in [-0.25, -0.2) is 4.79 Å². The van der Waals surface area contributed by atoms with Crippen LogP contribution in [0.4, 0.5) is 5.69 Å². The Labute approximate surface area is 93.7 Å². The van der Waals surface area contributed by atoms with Crippen LogP contribution in [0.5, 0.6) is 0 Å². The minimum Gasteiger partial charge on any atom is -0.467 e. The number of hydrogen-bond donors (Lipinski definition) is 1. The first-order chi connectivity index (χ1) is 7.17. The predicted octanol–water partition coefficient (Wildman–Crippen LogP) is 2.48. The first-order valence-corrected chi connectivity index (χ1v) is 4.77. The second kappa shape index (κ2) is 5.41. The van der Waals surface area contributed by atoms with Gasteiger partial charge in [0.2, 0.25) is 0 Å². The quantitative estimate of drug-likeness (QED) is 0.632. The number of carbonyl (C=O) groups is 1. The molecule has 1 aromatic carbocycles. The van der Waals surface area contributed by atoms with E-state index in [1.165, 1.54) is 13.2 Å². The molecule has 0 saturated carbocycles. The van der Waals surface area contributed by atoms with E-state index in [1.54, 1.807) is 24.3 Å². The summed E-state index contributed by atoms with van der Waals surface area (Å²) in [5.74, 6) is -0.375. The Bertz CT molecular complexity index is 348. The van der Waals surface area contributed by atoms with Crippen molar-refractivity contribution in [1.29, 1.82) is 0 Å². The number of nitrogens with one attached hydrogen (secondary N) is 1. The number of ether oxygens (including phenoxy) is 1. The van der Waals surface area contributed by atoms with Crippen LogP contribution in [0.25, 0.3) is 0 Å². The highest BCUT2D eigenvalue weighted by Crippen LogP contribution is 2.14. The second-order valence-electron chi connectivity index (χ2n) is 2.89. The van der Waals surface area contributed by atoms with E-state index in [1.807, 2.05) is 0 Å². The molecule has 15 heavy (non-hydrogen) atoms. The third kappa shape index (κ3) is 3.29. The zero-order chi connectivity index (χ0) is 11.3. The lowest BCUT2D eigenvalue weighted by molar-refractivity contribution is -0.140. The van der Waals surface area contributed by atoms with Crippen molar-refractivity contribution in [3.63, 3.8) is 0 Å². The zero-order valence-corrected chi connectivity index (χ0v) is 9.12. The standard InChI is InChI=1S/C11H12ClNO2/c1-3-10(11(14)15-2)13-9-6-4-8(12)5-7-9/h3-7,10,13H,1H2,2H3. The van der Waals surface area contributed by atoms with E-state index < -0.39 is 6.04 Å². The number of carbonyl (C=O) groups excluding carboxylic acids is 1. The smallest absolute Gasteiger partial charge is 0.332 e. The van der Waals surface area contributed by atoms with E-state index in [0.717, 1.165) is 5.69 Å². The van der Waals surface area contributed by atoms with Crippen molar-refractivity contribution in [1.82, 2.24) is 0 Å². The highest BCUT2D eigenvalue weighted by molar-refractivity contribution is 6.30. The van der Waals surface area contributed by atoms with Gasteiger partial charge in [0, 0.05) is 10.7 Å². The van der Waals surface area contributed by atoms with E-state index in [-0.39, 0.29) is 5.97 Å². The number of hydrogen-bond acceptors (Lipinski definition) is 3. The summed E-state index contributed by atoms with van der Waals surface area (Å²) in [7, 11) is 1.34. The van der Waals surface area contributed by atoms with E-state index in [4.69, 9.17) is 11.6 Å². The maximum Gasteiger partial charge on any atom is 0.332 e. The minimum atomic E-state index is -0.545. The molecule has 0 aliphatic carbocycles. The average Bonchev–Trinajstić information content (AvgIpc) is 2.27. The Balaban J connectivity index is 2.71. The molecule has 1 rings (SSSR count). The lowest BCUT2D eigenvalue weighted by Crippen LogP contribution is -2.28. The average molecular weight is 226 g/mol. The maximum absolute atomic E-state index is 11.2. The molecule has 3 nitrogen and oxygen atoms in total. The summed E-state index contributed by atoms with van der Waals surface area (Å²) in [6.45, 7) is 3.55. The first-order valence-electron chi connectivity index (χ1n) is 4.40. The van der Waals surface area contributed by atoms with Crippen molar-refractivity contribution in [3.8, 4) is 0 Å². The van der Waals surface area contributed by atoms with Crippen LogP contribution in [0.15, 0.2) is 36.9 Å². The van der Waals surface area contributed by atoms with Crippen LogP contribution in [0, 0.1) is 0 Å². The Morgan fingerprint density at radius 3 is 2.60 bits per heavy atom. The van der Waals surface area contributed by atoms with Crippen LogP contribution < -0.4 is 5.32 Å². The van der Waals surface area contributed by atoms with Gasteiger partial charge in [0.15, 0.2) is 0 Å². The molecule has 0 amide bonds. The third-order valence-corrected chi connectivity index (χ3v) is 2.11. The molecule has 80 valence electrons. The Hall–Kier alpha value is -1.48. The molecule has 0 aromatic heterocycles. The van der Waals surface area contributed by atoms with Gasteiger partial charge in [0.25, 0.3) is 0 Å². The number of rotatable bonds is 4. The predicted molar refractivity (Wildman–Crippen MR) is 61.1 cm³/mol. The van der Waals surface area contributed by atoms with Gasteiger partial charge in [-0.15, -0.1) is 6.58 Å². The lowest BCUT2D eigenvalue weighted by atomic mass is 10.2. The molecular formula is C11H12ClNO2. The van der Waals surface area contributed by atoms with Gasteiger partial charge in [-0.2, -0.15) is 0 Å². The van der Waals surface area contributed by atoms with Crippen LogP contribution in [-0.2, 0) is 9.53 Å². The summed E-state index contributed by atoms with van der Waals surface area (Å²) >= 11 is 5.73. The first kappa shape index (κ1) is 11.6. The summed E-state index contributed by atoms with van der Waals surface area (Å²) in [6.07, 6.45) is 1.49. The fourth-order valence-electron chi connectivity index (χ4n) is 1.07.